The largest absolute Gasteiger partial charge is 0.257 e. The highest BCUT2D eigenvalue weighted by Crippen LogP contribution is 2.41. The van der Waals surface area contributed by atoms with Crippen molar-refractivity contribution in [3.8, 4) is 51.1 Å². The summed E-state index contributed by atoms with van der Waals surface area (Å²) in [5.74, 6) is 0. The Morgan fingerprint density at radius 3 is 1.52 bits per heavy atom. The first-order valence-electron chi connectivity index (χ1n) is 14.7. The van der Waals surface area contributed by atoms with Crippen LogP contribution in [0.15, 0.2) is 134 Å². The van der Waals surface area contributed by atoms with Crippen LogP contribution in [0.2, 0.25) is 0 Å². The van der Waals surface area contributed by atoms with Gasteiger partial charge in [0.1, 0.15) is 0 Å². The third kappa shape index (κ3) is 4.59. The molecule has 4 aromatic heterocycles. The van der Waals surface area contributed by atoms with E-state index in [1.807, 2.05) is 24.5 Å². The molecule has 0 aliphatic heterocycles. The summed E-state index contributed by atoms with van der Waals surface area (Å²) in [6.45, 7) is 7.33. The maximum absolute atomic E-state index is 9.30. The average molecular weight is 587 g/mol. The Hall–Kier alpha value is -6.76. The molecule has 0 amide bonds. The minimum atomic E-state index is 0.539. The van der Waals surface area contributed by atoms with Crippen LogP contribution >= 0.6 is 0 Å². The molecule has 0 aliphatic carbocycles. The van der Waals surface area contributed by atoms with E-state index in [2.05, 4.69) is 93.7 Å². The van der Waals surface area contributed by atoms with Crippen LogP contribution < -0.4 is 0 Å². The second-order valence-electron chi connectivity index (χ2n) is 11.0. The molecule has 0 unspecified atom stereocenters. The predicted octanol–water partition coefficient (Wildman–Crippen LogP) is 9.82. The van der Waals surface area contributed by atoms with Gasteiger partial charge in [-0.05, 0) is 92.0 Å². The van der Waals surface area contributed by atoms with Crippen LogP contribution in [0, 0.1) is 17.9 Å². The number of benzene rings is 4. The van der Waals surface area contributed by atoms with Crippen molar-refractivity contribution >= 4 is 38.0 Å². The van der Waals surface area contributed by atoms with Gasteiger partial charge in [-0.1, -0.05) is 60.7 Å². The van der Waals surface area contributed by atoms with Crippen LogP contribution in [0.5, 0.6) is 0 Å². The molecule has 0 aliphatic rings. The molecule has 8 aromatic rings. The lowest BCUT2D eigenvalue weighted by atomic mass is 9.88. The fourth-order valence-corrected chi connectivity index (χ4v) is 6.11. The Balaban J connectivity index is 1.28. The van der Waals surface area contributed by atoms with E-state index in [4.69, 9.17) is 16.5 Å². The van der Waals surface area contributed by atoms with Gasteiger partial charge in [-0.25, -0.2) is 4.85 Å². The topological polar surface area (TPSA) is 79.7 Å². The van der Waals surface area contributed by atoms with Crippen molar-refractivity contribution in [3.05, 3.63) is 151 Å². The van der Waals surface area contributed by atoms with Gasteiger partial charge in [0, 0.05) is 35.9 Å². The highest BCUT2D eigenvalue weighted by molar-refractivity contribution is 6.23. The Morgan fingerprint density at radius 2 is 1.02 bits per heavy atom. The van der Waals surface area contributed by atoms with Crippen molar-refractivity contribution in [3.63, 3.8) is 0 Å². The first-order valence-corrected chi connectivity index (χ1v) is 14.7. The summed E-state index contributed by atoms with van der Waals surface area (Å²) in [7, 11) is 0. The first kappa shape index (κ1) is 26.8. The van der Waals surface area contributed by atoms with E-state index in [0.717, 1.165) is 66.0 Å². The molecule has 4 heterocycles. The van der Waals surface area contributed by atoms with Gasteiger partial charge in [0.05, 0.1) is 41.0 Å². The van der Waals surface area contributed by atoms with Crippen LogP contribution in [0.1, 0.15) is 5.56 Å². The van der Waals surface area contributed by atoms with E-state index in [9.17, 15) is 5.26 Å². The molecular formula is C40H22N6. The molecule has 0 bridgehead atoms. The minimum absolute atomic E-state index is 0.539. The van der Waals surface area contributed by atoms with Crippen molar-refractivity contribution < 1.29 is 0 Å². The van der Waals surface area contributed by atoms with Crippen LogP contribution in [0.25, 0.3) is 82.2 Å². The first-order chi connectivity index (χ1) is 22.7. The van der Waals surface area contributed by atoms with Gasteiger partial charge in [0.15, 0.2) is 5.69 Å². The Labute approximate surface area is 264 Å². The van der Waals surface area contributed by atoms with Crippen LogP contribution in [-0.4, -0.2) is 19.9 Å². The molecule has 0 spiro atoms. The van der Waals surface area contributed by atoms with Crippen LogP contribution in [-0.2, 0) is 0 Å². The lowest BCUT2D eigenvalue weighted by Gasteiger charge is -2.16. The third-order valence-electron chi connectivity index (χ3n) is 8.32. The Morgan fingerprint density at radius 1 is 0.500 bits per heavy atom. The third-order valence-corrected chi connectivity index (χ3v) is 8.32. The van der Waals surface area contributed by atoms with E-state index in [1.165, 1.54) is 0 Å². The maximum atomic E-state index is 9.30. The van der Waals surface area contributed by atoms with Gasteiger partial charge in [-0.2, -0.15) is 5.26 Å². The highest BCUT2D eigenvalue weighted by Gasteiger charge is 2.15. The minimum Gasteiger partial charge on any atom is -0.257 e. The summed E-state index contributed by atoms with van der Waals surface area (Å²) >= 11 is 0. The second-order valence-corrected chi connectivity index (χ2v) is 11.0. The molecular weight excluding hydrogens is 564 g/mol. The summed E-state index contributed by atoms with van der Waals surface area (Å²) in [6, 6.07) is 38.7. The Kier molecular flexibility index (Phi) is 6.45. The van der Waals surface area contributed by atoms with Crippen molar-refractivity contribution in [1.29, 1.82) is 5.26 Å². The second kappa shape index (κ2) is 11.1. The zero-order valence-corrected chi connectivity index (χ0v) is 24.4. The fraction of sp³-hybridized carbons (Fsp3) is 0. The molecule has 6 heteroatoms. The number of nitriles is 1. The number of fused-ring (bicyclic) bond motifs is 5. The summed E-state index contributed by atoms with van der Waals surface area (Å²) in [4.78, 5) is 21.9. The summed E-state index contributed by atoms with van der Waals surface area (Å²) in [5, 5.41) is 16.2. The zero-order valence-electron chi connectivity index (χ0n) is 24.4. The van der Waals surface area contributed by atoms with Crippen LogP contribution in [0.4, 0.5) is 5.69 Å². The van der Waals surface area contributed by atoms with Gasteiger partial charge in [0.25, 0.3) is 0 Å². The van der Waals surface area contributed by atoms with E-state index >= 15 is 0 Å². The Bertz CT molecular complexity index is 2360. The maximum Gasteiger partial charge on any atom is 0.190 e. The van der Waals surface area contributed by atoms with E-state index < -0.39 is 0 Å². The van der Waals surface area contributed by atoms with Gasteiger partial charge in [0.2, 0.25) is 0 Å². The molecule has 0 atom stereocenters. The molecule has 0 radical (unpaired) electrons. The monoisotopic (exact) mass is 586 g/mol. The lowest BCUT2D eigenvalue weighted by molar-refractivity contribution is 1.24. The van der Waals surface area contributed by atoms with Gasteiger partial charge in [-0.15, -0.1) is 0 Å². The molecule has 0 saturated carbocycles. The number of hydrogen-bond donors (Lipinski definition) is 0. The van der Waals surface area contributed by atoms with Gasteiger partial charge < -0.3 is 0 Å². The SMILES string of the molecule is [C-]#[N+]c1ccnc(-c2ccc(-c3cc4c5ccccc5c(-c5ccc(-c6cc(C#N)ccn6)nc5)cc4c4ccccc34)cn2)c1. The van der Waals surface area contributed by atoms with Gasteiger partial charge >= 0.3 is 0 Å². The number of pyridine rings is 4. The van der Waals surface area contributed by atoms with Crippen molar-refractivity contribution in [2.24, 2.45) is 0 Å². The average Bonchev–Trinajstić information content (AvgIpc) is 3.14. The smallest absolute Gasteiger partial charge is 0.190 e. The molecule has 0 fully saturated rings. The fourth-order valence-electron chi connectivity index (χ4n) is 6.11. The summed E-state index contributed by atoms with van der Waals surface area (Å²) in [6.07, 6.45) is 7.05. The molecule has 8 rings (SSSR count). The van der Waals surface area contributed by atoms with Gasteiger partial charge in [-0.3, -0.25) is 19.9 Å². The molecule has 0 N–H and O–H groups in total. The molecule has 4 aromatic carbocycles. The van der Waals surface area contributed by atoms with Crippen molar-refractivity contribution in [1.82, 2.24) is 19.9 Å². The summed E-state index contributed by atoms with van der Waals surface area (Å²) in [5.41, 5.74) is 8.08. The van der Waals surface area contributed by atoms with Crippen LogP contribution in [0.3, 0.4) is 0 Å². The summed E-state index contributed by atoms with van der Waals surface area (Å²) < 4.78 is 0. The van der Waals surface area contributed by atoms with E-state index in [-0.39, 0.29) is 0 Å². The molecule has 6 nitrogen and oxygen atoms in total. The van der Waals surface area contributed by atoms with E-state index in [0.29, 0.717) is 22.6 Å². The molecule has 0 saturated heterocycles. The molecule has 212 valence electrons. The van der Waals surface area contributed by atoms with E-state index in [1.54, 1.807) is 36.7 Å². The predicted molar refractivity (Wildman–Crippen MR) is 183 cm³/mol. The highest BCUT2D eigenvalue weighted by atomic mass is 14.8. The zero-order chi connectivity index (χ0) is 31.0. The number of aromatic nitrogens is 4. The van der Waals surface area contributed by atoms with Crippen molar-refractivity contribution in [2.75, 3.05) is 0 Å². The lowest BCUT2D eigenvalue weighted by Crippen LogP contribution is -1.92. The van der Waals surface area contributed by atoms with Crippen molar-refractivity contribution in [2.45, 2.75) is 0 Å². The number of hydrogen-bond acceptors (Lipinski definition) is 5. The normalized spacial score (nSPS) is 11.0. The number of nitrogens with zero attached hydrogens (tertiary/aromatic N) is 6. The molecule has 46 heavy (non-hydrogen) atoms. The standard InChI is InChI=1S/C40H22N6/c1-42-28-15-17-44-40(19-28)38-13-11-27(24-46-38)34-21-36-31-8-4-2-6-29(31)33(20-35(36)32-9-5-3-7-30(32)34)26-10-12-37(45-23-26)39-18-25(22-41)14-16-43-39/h2-21,23-24H. The number of rotatable bonds is 4. The quantitative estimate of drug-likeness (QED) is 0.151.